The first kappa shape index (κ1) is 13.0. The van der Waals surface area contributed by atoms with Crippen LogP contribution >= 0.6 is 0 Å². The van der Waals surface area contributed by atoms with Crippen molar-refractivity contribution in [2.24, 2.45) is 5.73 Å². The van der Waals surface area contributed by atoms with Crippen molar-refractivity contribution in [2.45, 2.75) is 31.2 Å². The minimum atomic E-state index is -0.180. The average molecular weight is 270 g/mol. The Morgan fingerprint density at radius 3 is 3.10 bits per heavy atom. The summed E-state index contributed by atoms with van der Waals surface area (Å²) in [5, 5.41) is 0. The third-order valence-electron chi connectivity index (χ3n) is 3.89. The van der Waals surface area contributed by atoms with Crippen LogP contribution in [-0.2, 0) is 6.42 Å². The van der Waals surface area contributed by atoms with Gasteiger partial charge in [0.15, 0.2) is 0 Å². The van der Waals surface area contributed by atoms with Crippen molar-refractivity contribution in [3.63, 3.8) is 0 Å². The zero-order valence-corrected chi connectivity index (χ0v) is 11.5. The van der Waals surface area contributed by atoms with Crippen LogP contribution in [0.25, 0.3) is 0 Å². The summed E-state index contributed by atoms with van der Waals surface area (Å²) < 4.78 is 5.14. The summed E-state index contributed by atoms with van der Waals surface area (Å²) in [6.45, 7) is 0. The summed E-state index contributed by atoms with van der Waals surface area (Å²) in [6.07, 6.45) is 6.59. The van der Waals surface area contributed by atoms with Crippen LogP contribution in [0.15, 0.2) is 30.7 Å². The number of nitrogens with two attached hydrogens (primary N) is 1. The molecule has 2 heterocycles. The number of fused-ring (bicyclic) bond motifs is 1. The zero-order valence-electron chi connectivity index (χ0n) is 11.5. The average Bonchev–Trinajstić information content (AvgIpc) is 2.53. The van der Waals surface area contributed by atoms with Crippen LogP contribution in [0.3, 0.4) is 0 Å². The Balaban J connectivity index is 1.93. The molecule has 0 bridgehead atoms. The number of ether oxygens (including phenoxy) is 1. The largest absolute Gasteiger partial charge is 0.481 e. The van der Waals surface area contributed by atoms with Crippen LogP contribution in [-0.4, -0.2) is 22.1 Å². The summed E-state index contributed by atoms with van der Waals surface area (Å²) in [6, 6.07) is 5.75. The van der Waals surface area contributed by atoms with Gasteiger partial charge < -0.3 is 10.5 Å². The number of hydrogen-bond acceptors (Lipinski definition) is 5. The van der Waals surface area contributed by atoms with Gasteiger partial charge in [0.2, 0.25) is 5.88 Å². The number of nitrogens with zero attached hydrogens (tertiary/aromatic N) is 3. The minimum absolute atomic E-state index is 0.180. The molecule has 2 unspecified atom stereocenters. The molecule has 0 aromatic carbocycles. The molecule has 2 N–H and O–H groups in total. The fourth-order valence-electron chi connectivity index (χ4n) is 2.85. The minimum Gasteiger partial charge on any atom is -0.481 e. The SMILES string of the molecule is COc1cc(C(N)C2CCCc3cccnc32)ncn1. The molecule has 20 heavy (non-hydrogen) atoms. The lowest BCUT2D eigenvalue weighted by atomic mass is 9.81. The quantitative estimate of drug-likeness (QED) is 0.923. The second-order valence-corrected chi connectivity index (χ2v) is 5.06. The van der Waals surface area contributed by atoms with Gasteiger partial charge >= 0.3 is 0 Å². The Hall–Kier alpha value is -2.01. The second-order valence-electron chi connectivity index (χ2n) is 5.06. The molecule has 0 amide bonds. The molecule has 0 radical (unpaired) electrons. The van der Waals surface area contributed by atoms with Gasteiger partial charge in [-0.2, -0.15) is 0 Å². The lowest BCUT2D eigenvalue weighted by molar-refractivity contribution is 0.392. The Labute approximate surface area is 118 Å². The molecular formula is C15H18N4O. The molecule has 104 valence electrons. The first-order valence-corrected chi connectivity index (χ1v) is 6.85. The summed E-state index contributed by atoms with van der Waals surface area (Å²) in [5.74, 6) is 0.752. The van der Waals surface area contributed by atoms with Crippen LogP contribution in [0.5, 0.6) is 5.88 Å². The Morgan fingerprint density at radius 1 is 1.35 bits per heavy atom. The summed E-state index contributed by atoms with van der Waals surface area (Å²) in [4.78, 5) is 12.9. The van der Waals surface area contributed by atoms with E-state index >= 15 is 0 Å². The van der Waals surface area contributed by atoms with Gasteiger partial charge in [-0.3, -0.25) is 4.98 Å². The number of hydrogen-bond donors (Lipinski definition) is 1. The molecule has 0 spiro atoms. The van der Waals surface area contributed by atoms with Crippen molar-refractivity contribution in [1.29, 1.82) is 0 Å². The number of aryl methyl sites for hydroxylation is 1. The Morgan fingerprint density at radius 2 is 2.25 bits per heavy atom. The molecule has 1 aliphatic carbocycles. The molecule has 3 rings (SSSR count). The molecule has 5 heteroatoms. The van der Waals surface area contributed by atoms with Gasteiger partial charge in [0.1, 0.15) is 6.33 Å². The third-order valence-corrected chi connectivity index (χ3v) is 3.89. The van der Waals surface area contributed by atoms with E-state index in [9.17, 15) is 0 Å². The first-order valence-electron chi connectivity index (χ1n) is 6.85. The van der Waals surface area contributed by atoms with E-state index in [-0.39, 0.29) is 12.0 Å². The summed E-state index contributed by atoms with van der Waals surface area (Å²) in [5.41, 5.74) is 9.65. The Kier molecular flexibility index (Phi) is 3.60. The molecule has 1 aliphatic rings. The van der Waals surface area contributed by atoms with E-state index in [4.69, 9.17) is 10.5 Å². The number of pyridine rings is 1. The maximum absolute atomic E-state index is 6.42. The Bertz CT molecular complexity index is 602. The fourth-order valence-corrected chi connectivity index (χ4v) is 2.85. The highest BCUT2D eigenvalue weighted by Gasteiger charge is 2.28. The maximum Gasteiger partial charge on any atom is 0.216 e. The summed E-state index contributed by atoms with van der Waals surface area (Å²) >= 11 is 0. The van der Waals surface area contributed by atoms with Gasteiger partial charge in [-0.05, 0) is 30.9 Å². The van der Waals surface area contributed by atoms with Crippen molar-refractivity contribution in [2.75, 3.05) is 7.11 Å². The molecule has 2 aromatic rings. The first-order chi connectivity index (χ1) is 9.79. The van der Waals surface area contributed by atoms with E-state index in [0.29, 0.717) is 5.88 Å². The van der Waals surface area contributed by atoms with E-state index < -0.39 is 0 Å². The van der Waals surface area contributed by atoms with Crippen LogP contribution < -0.4 is 10.5 Å². The number of aromatic nitrogens is 3. The van der Waals surface area contributed by atoms with Crippen LogP contribution in [0.4, 0.5) is 0 Å². The van der Waals surface area contributed by atoms with Gasteiger partial charge in [0, 0.05) is 23.9 Å². The van der Waals surface area contributed by atoms with Crippen molar-refractivity contribution >= 4 is 0 Å². The van der Waals surface area contributed by atoms with Crippen molar-refractivity contribution in [1.82, 2.24) is 15.0 Å². The van der Waals surface area contributed by atoms with Gasteiger partial charge in [-0.15, -0.1) is 0 Å². The molecule has 0 fully saturated rings. The van der Waals surface area contributed by atoms with Crippen molar-refractivity contribution in [3.8, 4) is 5.88 Å². The van der Waals surface area contributed by atoms with E-state index in [2.05, 4.69) is 21.0 Å². The predicted octanol–water partition coefficient (Wildman–Crippen LogP) is 2.00. The van der Waals surface area contributed by atoms with E-state index in [1.807, 2.05) is 18.3 Å². The zero-order chi connectivity index (χ0) is 13.9. The molecular weight excluding hydrogens is 252 g/mol. The highest BCUT2D eigenvalue weighted by Crippen LogP contribution is 2.37. The monoisotopic (exact) mass is 270 g/mol. The molecule has 0 saturated heterocycles. The van der Waals surface area contributed by atoms with E-state index in [1.54, 1.807) is 7.11 Å². The van der Waals surface area contributed by atoms with Crippen molar-refractivity contribution < 1.29 is 4.74 Å². The predicted molar refractivity (Wildman–Crippen MR) is 75.4 cm³/mol. The standard InChI is InChI=1S/C15H18N4O/c1-20-13-8-12(18-9-19-13)14(16)11-6-2-4-10-5-3-7-17-15(10)11/h3,5,7-9,11,14H,2,4,6,16H2,1H3. The number of rotatable bonds is 3. The van der Waals surface area contributed by atoms with E-state index in [1.165, 1.54) is 11.9 Å². The van der Waals surface area contributed by atoms with Gasteiger partial charge in [0.25, 0.3) is 0 Å². The van der Waals surface area contributed by atoms with Gasteiger partial charge in [0.05, 0.1) is 18.8 Å². The van der Waals surface area contributed by atoms with Gasteiger partial charge in [-0.1, -0.05) is 6.07 Å². The highest BCUT2D eigenvalue weighted by atomic mass is 16.5. The third kappa shape index (κ3) is 2.36. The second kappa shape index (κ2) is 5.54. The van der Waals surface area contributed by atoms with Gasteiger partial charge in [-0.25, -0.2) is 9.97 Å². The molecule has 0 saturated carbocycles. The van der Waals surface area contributed by atoms with Crippen molar-refractivity contribution in [3.05, 3.63) is 47.7 Å². The van der Waals surface area contributed by atoms with Crippen LogP contribution in [0.2, 0.25) is 0 Å². The van der Waals surface area contributed by atoms with Crippen LogP contribution in [0.1, 0.15) is 41.8 Å². The lowest BCUT2D eigenvalue weighted by Gasteiger charge is -2.28. The molecule has 2 aromatic heterocycles. The molecule has 2 atom stereocenters. The topological polar surface area (TPSA) is 73.9 Å². The van der Waals surface area contributed by atoms with E-state index in [0.717, 1.165) is 30.7 Å². The fraction of sp³-hybridized carbons (Fsp3) is 0.400. The number of methoxy groups -OCH3 is 1. The van der Waals surface area contributed by atoms with Crippen LogP contribution in [0, 0.1) is 0 Å². The smallest absolute Gasteiger partial charge is 0.216 e. The highest BCUT2D eigenvalue weighted by molar-refractivity contribution is 5.30. The summed E-state index contributed by atoms with van der Waals surface area (Å²) in [7, 11) is 1.59. The molecule has 0 aliphatic heterocycles. The lowest BCUT2D eigenvalue weighted by Crippen LogP contribution is -2.25. The maximum atomic E-state index is 6.42. The molecule has 5 nitrogen and oxygen atoms in total. The normalized spacial score (nSPS) is 19.2.